The molecule has 1 atom stereocenters. The lowest BCUT2D eigenvalue weighted by Crippen LogP contribution is -2.41. The average Bonchev–Trinajstić information content (AvgIpc) is 3.23. The van der Waals surface area contributed by atoms with E-state index < -0.39 is 0 Å². The third kappa shape index (κ3) is 2.68. The summed E-state index contributed by atoms with van der Waals surface area (Å²) in [6.07, 6.45) is 0. The minimum absolute atomic E-state index is 0.209. The fourth-order valence-corrected chi connectivity index (χ4v) is 3.77. The fourth-order valence-electron chi connectivity index (χ4n) is 3.10. The van der Waals surface area contributed by atoms with Gasteiger partial charge in [0.05, 0.1) is 6.04 Å². The molecule has 4 rings (SSSR count). The summed E-state index contributed by atoms with van der Waals surface area (Å²) in [5.41, 5.74) is 0.859. The van der Waals surface area contributed by atoms with Gasteiger partial charge in [-0.1, -0.05) is 6.07 Å². The Kier molecular flexibility index (Phi) is 4.03. The van der Waals surface area contributed by atoms with Gasteiger partial charge in [0.1, 0.15) is 11.6 Å². The molecule has 2 aromatic heterocycles. The zero-order chi connectivity index (χ0) is 18.4. The molecular weight excluding hydrogens is 355 g/mol. The summed E-state index contributed by atoms with van der Waals surface area (Å²) in [5.74, 6) is 1.48. The van der Waals surface area contributed by atoms with Crippen molar-refractivity contribution in [1.29, 1.82) is 0 Å². The molecule has 134 valence electrons. The number of hydrogen-bond acceptors (Lipinski definition) is 6. The zero-order valence-corrected chi connectivity index (χ0v) is 15.4. The Morgan fingerprint density at radius 3 is 2.77 bits per heavy atom. The summed E-state index contributed by atoms with van der Waals surface area (Å²) in [7, 11) is 0. The first-order chi connectivity index (χ1) is 12.5. The third-order valence-corrected chi connectivity index (χ3v) is 5.39. The lowest BCUT2D eigenvalue weighted by Gasteiger charge is -2.33. The molecule has 3 aromatic rings. The standard InChI is InChI=1S/C17H17FN6OS/c1-9-4-5-12(8-13(9)18)17(25)23-6-7-24-14(10(23)2)20-21-15(24)16-19-11(3)22-26-16/h4-5,8,10H,6-7H2,1-3H3/t10-/m1/s1. The van der Waals surface area contributed by atoms with Crippen LogP contribution in [0.15, 0.2) is 18.2 Å². The maximum atomic E-state index is 13.8. The van der Waals surface area contributed by atoms with Gasteiger partial charge in [0.2, 0.25) is 0 Å². The van der Waals surface area contributed by atoms with Gasteiger partial charge in [-0.05, 0) is 50.0 Å². The Hall–Kier alpha value is -2.68. The van der Waals surface area contributed by atoms with Crippen molar-refractivity contribution in [2.24, 2.45) is 0 Å². The second-order valence-corrected chi connectivity index (χ2v) is 7.07. The predicted molar refractivity (Wildman–Crippen MR) is 94.3 cm³/mol. The van der Waals surface area contributed by atoms with Crippen LogP contribution in [0.25, 0.3) is 10.8 Å². The van der Waals surface area contributed by atoms with E-state index in [1.807, 2.05) is 18.4 Å². The second-order valence-electron chi connectivity index (χ2n) is 6.32. The van der Waals surface area contributed by atoms with Gasteiger partial charge in [-0.15, -0.1) is 10.2 Å². The van der Waals surface area contributed by atoms with Crippen LogP contribution in [0.4, 0.5) is 4.39 Å². The smallest absolute Gasteiger partial charge is 0.254 e. The van der Waals surface area contributed by atoms with Crippen LogP contribution in [0.3, 0.4) is 0 Å². The molecule has 0 N–H and O–H groups in total. The first-order valence-corrected chi connectivity index (χ1v) is 9.04. The van der Waals surface area contributed by atoms with Gasteiger partial charge in [0.15, 0.2) is 16.7 Å². The molecule has 9 heteroatoms. The second kappa shape index (κ2) is 6.24. The van der Waals surface area contributed by atoms with Crippen LogP contribution < -0.4 is 0 Å². The highest BCUT2D eigenvalue weighted by Gasteiger charge is 2.32. The van der Waals surface area contributed by atoms with Crippen molar-refractivity contribution in [3.8, 4) is 10.8 Å². The van der Waals surface area contributed by atoms with E-state index in [1.165, 1.54) is 17.6 Å². The van der Waals surface area contributed by atoms with Crippen LogP contribution >= 0.6 is 11.5 Å². The third-order valence-electron chi connectivity index (χ3n) is 4.58. The number of nitrogens with zero attached hydrogens (tertiary/aromatic N) is 6. The summed E-state index contributed by atoms with van der Waals surface area (Å²) < 4.78 is 20.0. The summed E-state index contributed by atoms with van der Waals surface area (Å²) in [6.45, 7) is 6.45. The zero-order valence-electron chi connectivity index (χ0n) is 14.6. The van der Waals surface area contributed by atoms with E-state index in [0.717, 1.165) is 0 Å². The molecule has 1 aliphatic heterocycles. The van der Waals surface area contributed by atoms with E-state index in [9.17, 15) is 9.18 Å². The van der Waals surface area contributed by atoms with Crippen molar-refractivity contribution in [2.75, 3.05) is 6.54 Å². The Morgan fingerprint density at radius 1 is 1.27 bits per heavy atom. The molecule has 26 heavy (non-hydrogen) atoms. The van der Waals surface area contributed by atoms with Gasteiger partial charge in [-0.2, -0.15) is 4.37 Å². The topological polar surface area (TPSA) is 76.8 Å². The molecule has 0 bridgehead atoms. The van der Waals surface area contributed by atoms with E-state index in [4.69, 9.17) is 0 Å². The van der Waals surface area contributed by atoms with Gasteiger partial charge in [-0.3, -0.25) is 4.79 Å². The minimum atomic E-state index is -0.377. The lowest BCUT2D eigenvalue weighted by atomic mass is 10.1. The molecule has 0 spiro atoms. The number of halogens is 1. The highest BCUT2D eigenvalue weighted by molar-refractivity contribution is 7.09. The number of benzene rings is 1. The average molecular weight is 372 g/mol. The van der Waals surface area contributed by atoms with Gasteiger partial charge in [0, 0.05) is 18.7 Å². The normalized spacial score (nSPS) is 16.6. The number of hydrogen-bond donors (Lipinski definition) is 0. The highest BCUT2D eigenvalue weighted by atomic mass is 32.1. The Balaban J connectivity index is 1.64. The first kappa shape index (κ1) is 16.8. The van der Waals surface area contributed by atoms with Gasteiger partial charge >= 0.3 is 0 Å². The summed E-state index contributed by atoms with van der Waals surface area (Å²) >= 11 is 1.28. The van der Waals surface area contributed by atoms with E-state index >= 15 is 0 Å². The largest absolute Gasteiger partial charge is 0.327 e. The van der Waals surface area contributed by atoms with Crippen molar-refractivity contribution in [3.63, 3.8) is 0 Å². The van der Waals surface area contributed by atoms with Gasteiger partial charge in [0.25, 0.3) is 5.91 Å². The van der Waals surface area contributed by atoms with Crippen molar-refractivity contribution >= 4 is 17.4 Å². The molecule has 1 amide bonds. The fraction of sp³-hybridized carbons (Fsp3) is 0.353. The van der Waals surface area contributed by atoms with Crippen LogP contribution in [0.5, 0.6) is 0 Å². The Bertz CT molecular complexity index is 997. The number of fused-ring (bicyclic) bond motifs is 1. The number of carbonyl (C=O) groups is 1. The van der Waals surface area contributed by atoms with Crippen molar-refractivity contribution in [3.05, 3.63) is 46.8 Å². The molecule has 0 aliphatic carbocycles. The number of aryl methyl sites for hydroxylation is 2. The van der Waals surface area contributed by atoms with Crippen LogP contribution in [0.1, 0.15) is 40.5 Å². The van der Waals surface area contributed by atoms with Crippen LogP contribution in [0.2, 0.25) is 0 Å². The Morgan fingerprint density at radius 2 is 2.08 bits per heavy atom. The summed E-state index contributed by atoms with van der Waals surface area (Å²) in [6, 6.07) is 4.30. The molecule has 3 heterocycles. The molecule has 0 fully saturated rings. The maximum absolute atomic E-state index is 13.8. The van der Waals surface area contributed by atoms with Crippen LogP contribution in [-0.2, 0) is 6.54 Å². The molecule has 0 unspecified atom stereocenters. The number of amides is 1. The van der Waals surface area contributed by atoms with Crippen molar-refractivity contribution in [2.45, 2.75) is 33.4 Å². The van der Waals surface area contributed by atoms with Crippen molar-refractivity contribution < 1.29 is 9.18 Å². The number of aromatic nitrogens is 5. The molecule has 1 aromatic carbocycles. The molecule has 0 saturated carbocycles. The van der Waals surface area contributed by atoms with Gasteiger partial charge < -0.3 is 9.47 Å². The summed E-state index contributed by atoms with van der Waals surface area (Å²) in [5, 5.41) is 9.23. The number of carbonyl (C=O) groups excluding carboxylic acids is 1. The van der Waals surface area contributed by atoms with E-state index in [-0.39, 0.29) is 17.8 Å². The van der Waals surface area contributed by atoms with Crippen molar-refractivity contribution in [1.82, 2.24) is 29.0 Å². The summed E-state index contributed by atoms with van der Waals surface area (Å²) in [4.78, 5) is 18.9. The van der Waals surface area contributed by atoms with Crippen LogP contribution in [0, 0.1) is 19.7 Å². The van der Waals surface area contributed by atoms with E-state index in [2.05, 4.69) is 19.6 Å². The quantitative estimate of drug-likeness (QED) is 0.691. The van der Waals surface area contributed by atoms with Gasteiger partial charge in [-0.25, -0.2) is 9.37 Å². The minimum Gasteiger partial charge on any atom is -0.327 e. The molecule has 0 radical (unpaired) electrons. The molecule has 7 nitrogen and oxygen atoms in total. The van der Waals surface area contributed by atoms with E-state index in [0.29, 0.717) is 46.7 Å². The van der Waals surface area contributed by atoms with Crippen LogP contribution in [-0.4, -0.2) is 41.5 Å². The number of rotatable bonds is 2. The Labute approximate surface area is 153 Å². The van der Waals surface area contributed by atoms with E-state index in [1.54, 1.807) is 24.0 Å². The predicted octanol–water partition coefficient (Wildman–Crippen LogP) is 2.77. The maximum Gasteiger partial charge on any atom is 0.254 e. The first-order valence-electron chi connectivity index (χ1n) is 8.26. The highest BCUT2D eigenvalue weighted by Crippen LogP contribution is 2.30. The lowest BCUT2D eigenvalue weighted by molar-refractivity contribution is 0.0638. The molecule has 1 aliphatic rings. The molecule has 0 saturated heterocycles. The SMILES string of the molecule is Cc1nsc(-c2nnc3n2CCN(C(=O)c2ccc(C)c(F)c2)[C@@H]3C)n1. The molecular formula is C17H17FN6OS. The monoisotopic (exact) mass is 372 g/mol.